The smallest absolute Gasteiger partial charge is 0.321 e. The molecular weight excluding hydrogens is 433 g/mol. The predicted octanol–water partition coefficient (Wildman–Crippen LogP) is 4.97. The van der Waals surface area contributed by atoms with E-state index in [-0.39, 0.29) is 34.8 Å². The van der Waals surface area contributed by atoms with Gasteiger partial charge in [-0.05, 0) is 49.6 Å². The number of aromatic nitrogens is 3. The van der Waals surface area contributed by atoms with E-state index in [1.807, 2.05) is 12.1 Å². The minimum Gasteiger partial charge on any atom is -0.321 e. The average molecular weight is 450 g/mol. The van der Waals surface area contributed by atoms with Crippen LogP contribution < -0.4 is 5.32 Å². The molecule has 1 aliphatic carbocycles. The summed E-state index contributed by atoms with van der Waals surface area (Å²) < 4.78 is 43.1. The van der Waals surface area contributed by atoms with Gasteiger partial charge in [-0.1, -0.05) is 24.3 Å². The number of halogens is 3. The maximum absolute atomic E-state index is 14.1. The third-order valence-corrected chi connectivity index (χ3v) is 5.67. The van der Waals surface area contributed by atoms with Crippen LogP contribution in [0.1, 0.15) is 44.6 Å². The molecule has 5 rings (SSSR count). The van der Waals surface area contributed by atoms with E-state index in [1.165, 1.54) is 13.0 Å². The van der Waals surface area contributed by atoms with Crippen LogP contribution in [0, 0.1) is 0 Å². The van der Waals surface area contributed by atoms with Crippen molar-refractivity contribution in [2.75, 3.05) is 5.32 Å². The van der Waals surface area contributed by atoms with Crippen molar-refractivity contribution in [1.29, 1.82) is 0 Å². The number of alkyl halides is 3. The molecule has 2 heterocycles. The molecule has 1 aliphatic rings. The Kier molecular flexibility index (Phi) is 4.77. The molecule has 0 bridgehead atoms. The second kappa shape index (κ2) is 7.54. The fourth-order valence-electron chi connectivity index (χ4n) is 4.11. The highest BCUT2D eigenvalue weighted by Crippen LogP contribution is 2.40. The number of nitrogens with one attached hydrogen (secondary N) is 1. The van der Waals surface area contributed by atoms with Crippen LogP contribution in [0.2, 0.25) is 0 Å². The van der Waals surface area contributed by atoms with Gasteiger partial charge in [-0.15, -0.1) is 0 Å². The van der Waals surface area contributed by atoms with Gasteiger partial charge in [0.15, 0.2) is 22.8 Å². The number of nitrogens with zero attached hydrogens (tertiary/aromatic N) is 3. The highest BCUT2D eigenvalue weighted by Gasteiger charge is 2.40. The van der Waals surface area contributed by atoms with E-state index in [1.54, 1.807) is 36.4 Å². The highest BCUT2D eigenvalue weighted by molar-refractivity contribution is 6.04. The molecule has 1 amide bonds. The predicted molar refractivity (Wildman–Crippen MR) is 115 cm³/mol. The zero-order chi connectivity index (χ0) is 23.3. The van der Waals surface area contributed by atoms with Gasteiger partial charge in [0, 0.05) is 28.4 Å². The number of aryl methyl sites for hydroxylation is 1. The van der Waals surface area contributed by atoms with Crippen LogP contribution in [0.5, 0.6) is 0 Å². The van der Waals surface area contributed by atoms with Crippen molar-refractivity contribution in [2.24, 2.45) is 0 Å². The van der Waals surface area contributed by atoms with Crippen LogP contribution in [0.4, 0.5) is 18.9 Å². The minimum atomic E-state index is -4.68. The Morgan fingerprint density at radius 2 is 1.76 bits per heavy atom. The van der Waals surface area contributed by atoms with E-state index in [0.29, 0.717) is 27.8 Å². The third-order valence-electron chi connectivity index (χ3n) is 5.67. The van der Waals surface area contributed by atoms with Gasteiger partial charge in [-0.25, -0.2) is 9.50 Å². The first-order valence-corrected chi connectivity index (χ1v) is 10.2. The van der Waals surface area contributed by atoms with Crippen LogP contribution in [0.15, 0.2) is 54.6 Å². The molecule has 33 heavy (non-hydrogen) atoms. The van der Waals surface area contributed by atoms with E-state index in [2.05, 4.69) is 15.4 Å². The summed E-state index contributed by atoms with van der Waals surface area (Å²) in [5, 5.41) is 6.55. The summed E-state index contributed by atoms with van der Waals surface area (Å²) in [6, 6.07) is 14.7. The molecule has 0 saturated carbocycles. The van der Waals surface area contributed by atoms with Crippen LogP contribution in [-0.4, -0.2) is 26.3 Å². The molecule has 0 saturated heterocycles. The van der Waals surface area contributed by atoms with Crippen molar-refractivity contribution in [1.82, 2.24) is 14.6 Å². The Bertz CT molecular complexity index is 1420. The lowest BCUT2D eigenvalue weighted by Gasteiger charge is -2.23. The molecule has 2 aromatic carbocycles. The maximum atomic E-state index is 14.1. The lowest BCUT2D eigenvalue weighted by atomic mass is 9.88. The Labute approximate surface area is 186 Å². The van der Waals surface area contributed by atoms with Gasteiger partial charge >= 0.3 is 6.18 Å². The van der Waals surface area contributed by atoms with E-state index < -0.39 is 17.8 Å². The first-order chi connectivity index (χ1) is 15.7. The number of ketones is 1. The lowest BCUT2D eigenvalue weighted by molar-refractivity contribution is -0.143. The quantitative estimate of drug-likeness (QED) is 0.447. The van der Waals surface area contributed by atoms with Gasteiger partial charge < -0.3 is 5.32 Å². The summed E-state index contributed by atoms with van der Waals surface area (Å²) in [4.78, 5) is 28.6. The van der Waals surface area contributed by atoms with Gasteiger partial charge in [0.05, 0.1) is 5.69 Å². The summed E-state index contributed by atoms with van der Waals surface area (Å²) >= 11 is 0. The van der Waals surface area contributed by atoms with Crippen molar-refractivity contribution in [3.05, 3.63) is 82.7 Å². The van der Waals surface area contributed by atoms with Crippen molar-refractivity contribution >= 4 is 23.0 Å². The first kappa shape index (κ1) is 20.9. The van der Waals surface area contributed by atoms with Gasteiger partial charge in [0.2, 0.25) is 0 Å². The largest absolute Gasteiger partial charge is 0.433 e. The lowest BCUT2D eigenvalue weighted by Crippen LogP contribution is -2.21. The molecule has 4 aromatic rings. The number of benzene rings is 2. The molecule has 0 radical (unpaired) electrons. The SMILES string of the molecule is CC(=O)c1ccc(NC(=O)c2cc3nc4c(c(C(F)(F)F)n3n2)CCc2ccccc2-4)cc1. The zero-order valence-electron chi connectivity index (χ0n) is 17.4. The Morgan fingerprint density at radius 3 is 2.45 bits per heavy atom. The van der Waals surface area contributed by atoms with E-state index in [4.69, 9.17) is 0 Å². The van der Waals surface area contributed by atoms with Gasteiger partial charge in [0.25, 0.3) is 5.91 Å². The number of Topliss-reactive ketones (excluding diaryl/α,β-unsaturated/α-hetero) is 1. The van der Waals surface area contributed by atoms with Crippen molar-refractivity contribution < 1.29 is 22.8 Å². The first-order valence-electron chi connectivity index (χ1n) is 10.2. The number of hydrogen-bond acceptors (Lipinski definition) is 4. The number of carbonyl (C=O) groups is 2. The summed E-state index contributed by atoms with van der Waals surface area (Å²) in [6.07, 6.45) is -4.04. The van der Waals surface area contributed by atoms with Gasteiger partial charge in [0.1, 0.15) is 0 Å². The Hall–Kier alpha value is -4.01. The molecule has 2 aromatic heterocycles. The van der Waals surface area contributed by atoms with E-state index in [9.17, 15) is 22.8 Å². The molecular formula is C24H17F3N4O2. The second-order valence-electron chi connectivity index (χ2n) is 7.83. The normalized spacial score (nSPS) is 12.8. The van der Waals surface area contributed by atoms with E-state index >= 15 is 0 Å². The molecule has 166 valence electrons. The van der Waals surface area contributed by atoms with Gasteiger partial charge in [-0.3, -0.25) is 9.59 Å². The standard InChI is InChI=1S/C24H17F3N4O2/c1-13(32)14-6-9-16(10-7-14)28-23(33)19-12-20-29-21-17-5-3-2-4-15(17)8-11-18(21)22(24(25,26)27)31(20)30-19/h2-7,9-10,12H,8,11H2,1H3,(H,28,33). The van der Waals surface area contributed by atoms with Crippen LogP contribution in [0.3, 0.4) is 0 Å². The topological polar surface area (TPSA) is 76.4 Å². The van der Waals surface area contributed by atoms with Gasteiger partial charge in [-0.2, -0.15) is 18.3 Å². The highest BCUT2D eigenvalue weighted by atomic mass is 19.4. The molecule has 0 fully saturated rings. The monoisotopic (exact) mass is 450 g/mol. The van der Waals surface area contributed by atoms with Crippen LogP contribution in [-0.2, 0) is 19.0 Å². The maximum Gasteiger partial charge on any atom is 0.433 e. The minimum absolute atomic E-state index is 0.0603. The zero-order valence-corrected chi connectivity index (χ0v) is 17.4. The number of fused-ring (bicyclic) bond motifs is 4. The Balaban J connectivity index is 1.59. The molecule has 0 atom stereocenters. The summed E-state index contributed by atoms with van der Waals surface area (Å²) in [5.41, 5.74) is 1.62. The summed E-state index contributed by atoms with van der Waals surface area (Å²) in [5.74, 6) is -0.799. The number of hydrogen-bond donors (Lipinski definition) is 1. The Morgan fingerprint density at radius 1 is 1.03 bits per heavy atom. The molecule has 6 nitrogen and oxygen atoms in total. The summed E-state index contributed by atoms with van der Waals surface area (Å²) in [6.45, 7) is 1.42. The third kappa shape index (κ3) is 3.65. The van der Waals surface area contributed by atoms with Crippen LogP contribution >= 0.6 is 0 Å². The van der Waals surface area contributed by atoms with E-state index in [0.717, 1.165) is 5.56 Å². The molecule has 0 unspecified atom stereocenters. The molecule has 1 N–H and O–H groups in total. The fourth-order valence-corrected chi connectivity index (χ4v) is 4.11. The van der Waals surface area contributed by atoms with Crippen molar-refractivity contribution in [3.8, 4) is 11.3 Å². The second-order valence-corrected chi connectivity index (χ2v) is 7.83. The number of amides is 1. The summed E-state index contributed by atoms with van der Waals surface area (Å²) in [7, 11) is 0. The average Bonchev–Trinajstić information content (AvgIpc) is 3.20. The molecule has 0 spiro atoms. The number of carbonyl (C=O) groups excluding carboxylic acids is 2. The molecule has 0 aliphatic heterocycles. The van der Waals surface area contributed by atoms with Crippen molar-refractivity contribution in [2.45, 2.75) is 25.9 Å². The fraction of sp³-hybridized carbons (Fsp3) is 0.167. The number of anilines is 1. The number of rotatable bonds is 3. The van der Waals surface area contributed by atoms with Crippen LogP contribution in [0.25, 0.3) is 16.9 Å². The molecule has 9 heteroatoms. The van der Waals surface area contributed by atoms with Crippen molar-refractivity contribution in [3.63, 3.8) is 0 Å².